The predicted molar refractivity (Wildman–Crippen MR) is 107 cm³/mol. The summed E-state index contributed by atoms with van der Waals surface area (Å²) in [5.41, 5.74) is 3.94. The van der Waals surface area contributed by atoms with Gasteiger partial charge in [0.2, 0.25) is 0 Å². The van der Waals surface area contributed by atoms with Gasteiger partial charge in [-0.15, -0.1) is 0 Å². The van der Waals surface area contributed by atoms with Crippen molar-refractivity contribution in [1.82, 2.24) is 10.3 Å². The van der Waals surface area contributed by atoms with E-state index >= 15 is 0 Å². The van der Waals surface area contributed by atoms with Crippen LogP contribution in [0.15, 0.2) is 66.9 Å². The van der Waals surface area contributed by atoms with E-state index in [2.05, 4.69) is 21.7 Å². The van der Waals surface area contributed by atoms with Crippen LogP contribution in [0.1, 0.15) is 27.0 Å². The van der Waals surface area contributed by atoms with Gasteiger partial charge in [0.25, 0.3) is 5.91 Å². The molecule has 0 fully saturated rings. The highest BCUT2D eigenvalue weighted by molar-refractivity contribution is 5.94. The van der Waals surface area contributed by atoms with Crippen molar-refractivity contribution in [2.75, 3.05) is 12.4 Å². The molecule has 0 aliphatic carbocycles. The first-order chi connectivity index (χ1) is 13.1. The average Bonchev–Trinajstić information content (AvgIpc) is 2.71. The fourth-order valence-corrected chi connectivity index (χ4v) is 2.71. The molecule has 3 rings (SSSR count). The quantitative estimate of drug-likeness (QED) is 0.669. The fourth-order valence-electron chi connectivity index (χ4n) is 2.71. The second kappa shape index (κ2) is 8.85. The topological polar surface area (TPSA) is 63.2 Å². The van der Waals surface area contributed by atoms with Gasteiger partial charge < -0.3 is 15.4 Å². The number of aryl methyl sites for hydroxylation is 1. The number of hydrogen-bond donors (Lipinski definition) is 2. The van der Waals surface area contributed by atoms with Crippen LogP contribution in [-0.2, 0) is 13.1 Å². The van der Waals surface area contributed by atoms with Crippen molar-refractivity contribution in [3.05, 3.63) is 89.1 Å². The van der Waals surface area contributed by atoms with Crippen molar-refractivity contribution >= 4 is 11.7 Å². The molecule has 5 heteroatoms. The van der Waals surface area contributed by atoms with Gasteiger partial charge >= 0.3 is 0 Å². The molecule has 1 aromatic heterocycles. The molecule has 1 amide bonds. The molecule has 138 valence electrons. The van der Waals surface area contributed by atoms with Gasteiger partial charge in [0.1, 0.15) is 11.6 Å². The van der Waals surface area contributed by atoms with Gasteiger partial charge in [-0.1, -0.05) is 42.0 Å². The van der Waals surface area contributed by atoms with Gasteiger partial charge in [0, 0.05) is 24.8 Å². The molecule has 0 bridgehead atoms. The lowest BCUT2D eigenvalue weighted by Gasteiger charge is -2.09. The highest BCUT2D eigenvalue weighted by Crippen LogP contribution is 2.13. The van der Waals surface area contributed by atoms with E-state index in [1.54, 1.807) is 25.4 Å². The normalized spacial score (nSPS) is 10.3. The Morgan fingerprint density at radius 1 is 1.00 bits per heavy atom. The zero-order valence-corrected chi connectivity index (χ0v) is 15.5. The van der Waals surface area contributed by atoms with Crippen LogP contribution >= 0.6 is 0 Å². The number of carbonyl (C=O) groups excluding carboxylic acids is 1. The molecular formula is C22H23N3O2. The van der Waals surface area contributed by atoms with E-state index in [9.17, 15) is 4.79 Å². The van der Waals surface area contributed by atoms with E-state index < -0.39 is 0 Å². The minimum absolute atomic E-state index is 0.119. The summed E-state index contributed by atoms with van der Waals surface area (Å²) in [6.07, 6.45) is 1.64. The van der Waals surface area contributed by atoms with Crippen LogP contribution in [0.25, 0.3) is 0 Å². The van der Waals surface area contributed by atoms with E-state index in [-0.39, 0.29) is 5.91 Å². The van der Waals surface area contributed by atoms with Crippen LogP contribution in [0.2, 0.25) is 0 Å². The fraction of sp³-hybridized carbons (Fsp3) is 0.182. The number of nitrogens with one attached hydrogen (secondary N) is 2. The second-order valence-electron chi connectivity index (χ2n) is 6.30. The Balaban J connectivity index is 1.57. The molecule has 0 saturated carbocycles. The largest absolute Gasteiger partial charge is 0.497 e. The molecule has 3 aromatic rings. The molecular weight excluding hydrogens is 338 g/mol. The number of amides is 1. The third kappa shape index (κ3) is 5.31. The van der Waals surface area contributed by atoms with Gasteiger partial charge in [0.15, 0.2) is 0 Å². The van der Waals surface area contributed by atoms with E-state index in [0.29, 0.717) is 24.5 Å². The Kier molecular flexibility index (Phi) is 6.05. The molecule has 0 aliphatic heterocycles. The van der Waals surface area contributed by atoms with Crippen molar-refractivity contribution in [2.24, 2.45) is 0 Å². The Bertz CT molecular complexity index is 907. The molecule has 0 spiro atoms. The molecule has 0 unspecified atom stereocenters. The molecule has 2 aromatic carbocycles. The van der Waals surface area contributed by atoms with Crippen LogP contribution in [0.5, 0.6) is 5.75 Å². The highest BCUT2D eigenvalue weighted by Gasteiger charge is 2.07. The van der Waals surface area contributed by atoms with Gasteiger partial charge in [-0.25, -0.2) is 4.98 Å². The Morgan fingerprint density at radius 2 is 1.81 bits per heavy atom. The Morgan fingerprint density at radius 3 is 2.56 bits per heavy atom. The average molecular weight is 361 g/mol. The summed E-state index contributed by atoms with van der Waals surface area (Å²) in [6.45, 7) is 3.15. The first kappa shape index (κ1) is 18.5. The van der Waals surface area contributed by atoms with Crippen molar-refractivity contribution in [2.45, 2.75) is 20.0 Å². The molecule has 0 radical (unpaired) electrons. The number of benzene rings is 2. The molecule has 0 saturated heterocycles. The molecule has 2 N–H and O–H groups in total. The van der Waals surface area contributed by atoms with Crippen LogP contribution < -0.4 is 15.4 Å². The first-order valence-corrected chi connectivity index (χ1v) is 8.80. The number of pyridine rings is 1. The molecule has 5 nitrogen and oxygen atoms in total. The van der Waals surface area contributed by atoms with E-state index in [1.807, 2.05) is 49.4 Å². The SMILES string of the molecule is COc1ccc(CNc2cc(C(=O)NCc3cccc(C)c3)ccn2)cc1. The van der Waals surface area contributed by atoms with E-state index in [1.165, 1.54) is 5.56 Å². The number of hydrogen-bond acceptors (Lipinski definition) is 4. The predicted octanol–water partition coefficient (Wildman–Crippen LogP) is 3.94. The lowest BCUT2D eigenvalue weighted by molar-refractivity contribution is 0.0951. The van der Waals surface area contributed by atoms with Gasteiger partial charge in [-0.05, 0) is 42.3 Å². The summed E-state index contributed by atoms with van der Waals surface area (Å²) in [6, 6.07) is 19.4. The summed E-state index contributed by atoms with van der Waals surface area (Å²) < 4.78 is 5.16. The smallest absolute Gasteiger partial charge is 0.251 e. The van der Waals surface area contributed by atoms with Crippen molar-refractivity contribution < 1.29 is 9.53 Å². The van der Waals surface area contributed by atoms with Crippen molar-refractivity contribution in [3.8, 4) is 5.75 Å². The van der Waals surface area contributed by atoms with Gasteiger partial charge in [-0.3, -0.25) is 4.79 Å². The molecule has 0 aliphatic rings. The number of carbonyl (C=O) groups is 1. The summed E-state index contributed by atoms with van der Waals surface area (Å²) in [7, 11) is 1.65. The summed E-state index contributed by atoms with van der Waals surface area (Å²) in [5, 5.41) is 6.19. The Labute approximate surface area is 159 Å². The molecule has 27 heavy (non-hydrogen) atoms. The number of nitrogens with zero attached hydrogens (tertiary/aromatic N) is 1. The standard InChI is InChI=1S/C22H23N3O2/c1-16-4-3-5-18(12-16)15-25-22(26)19-10-11-23-21(13-19)24-14-17-6-8-20(27-2)9-7-17/h3-13H,14-15H2,1-2H3,(H,23,24)(H,25,26). The van der Waals surface area contributed by atoms with Crippen LogP contribution in [0.3, 0.4) is 0 Å². The summed E-state index contributed by atoms with van der Waals surface area (Å²) in [4.78, 5) is 16.7. The van der Waals surface area contributed by atoms with Crippen molar-refractivity contribution in [3.63, 3.8) is 0 Å². The molecule has 0 atom stereocenters. The zero-order chi connectivity index (χ0) is 19.1. The maximum Gasteiger partial charge on any atom is 0.251 e. The van der Waals surface area contributed by atoms with E-state index in [0.717, 1.165) is 16.9 Å². The second-order valence-corrected chi connectivity index (χ2v) is 6.30. The number of aromatic nitrogens is 1. The number of methoxy groups -OCH3 is 1. The maximum atomic E-state index is 12.4. The summed E-state index contributed by atoms with van der Waals surface area (Å²) in [5.74, 6) is 1.37. The number of rotatable bonds is 7. The minimum atomic E-state index is -0.119. The van der Waals surface area contributed by atoms with Gasteiger partial charge in [-0.2, -0.15) is 0 Å². The number of ether oxygens (including phenoxy) is 1. The number of anilines is 1. The highest BCUT2D eigenvalue weighted by atomic mass is 16.5. The first-order valence-electron chi connectivity index (χ1n) is 8.80. The lowest BCUT2D eigenvalue weighted by atomic mass is 10.1. The van der Waals surface area contributed by atoms with Crippen LogP contribution in [0.4, 0.5) is 5.82 Å². The summed E-state index contributed by atoms with van der Waals surface area (Å²) >= 11 is 0. The maximum absolute atomic E-state index is 12.4. The molecule has 1 heterocycles. The third-order valence-electron chi connectivity index (χ3n) is 4.19. The Hall–Kier alpha value is -3.34. The van der Waals surface area contributed by atoms with Crippen molar-refractivity contribution in [1.29, 1.82) is 0 Å². The van der Waals surface area contributed by atoms with Crippen LogP contribution in [0, 0.1) is 6.92 Å². The monoisotopic (exact) mass is 361 g/mol. The van der Waals surface area contributed by atoms with E-state index in [4.69, 9.17) is 4.74 Å². The van der Waals surface area contributed by atoms with Crippen LogP contribution in [-0.4, -0.2) is 18.0 Å². The lowest BCUT2D eigenvalue weighted by Crippen LogP contribution is -2.23. The van der Waals surface area contributed by atoms with Gasteiger partial charge in [0.05, 0.1) is 7.11 Å². The third-order valence-corrected chi connectivity index (χ3v) is 4.19. The minimum Gasteiger partial charge on any atom is -0.497 e. The zero-order valence-electron chi connectivity index (χ0n) is 15.5.